The van der Waals surface area contributed by atoms with Crippen molar-refractivity contribution in [3.8, 4) is 0 Å². The molecule has 2 nitrogen and oxygen atoms in total. The van der Waals surface area contributed by atoms with Crippen LogP contribution >= 0.6 is 0 Å². The van der Waals surface area contributed by atoms with Gasteiger partial charge < -0.3 is 10.4 Å². The second kappa shape index (κ2) is 8.31. The molecule has 0 saturated carbocycles. The van der Waals surface area contributed by atoms with E-state index < -0.39 is 0 Å². The van der Waals surface area contributed by atoms with Crippen LogP contribution in [0, 0.1) is 0 Å². The highest BCUT2D eigenvalue weighted by atomic mass is 16.3. The third kappa shape index (κ3) is 5.29. The maximum Gasteiger partial charge on any atom is 0.0445 e. The Balaban J connectivity index is 2.31. The molecule has 1 aromatic carbocycles. The van der Waals surface area contributed by atoms with Crippen molar-refractivity contribution in [2.24, 2.45) is 0 Å². The zero-order valence-electron chi connectivity index (χ0n) is 10.2. The lowest BCUT2D eigenvalue weighted by Gasteiger charge is -2.17. The number of hydrogen-bond donors (Lipinski definition) is 2. The summed E-state index contributed by atoms with van der Waals surface area (Å²) < 4.78 is 0. The number of nitrogens with one attached hydrogen (secondary N) is 1. The average molecular weight is 221 g/mol. The molecule has 0 amide bonds. The maximum absolute atomic E-state index is 8.99. The first-order chi connectivity index (χ1) is 7.86. The minimum absolute atomic E-state index is 0.274. The molecule has 16 heavy (non-hydrogen) atoms. The first kappa shape index (κ1) is 13.2. The number of aryl methyl sites for hydroxylation is 1. The lowest BCUT2D eigenvalue weighted by Crippen LogP contribution is -2.31. The van der Waals surface area contributed by atoms with Crippen LogP contribution in [0.3, 0.4) is 0 Å². The van der Waals surface area contributed by atoms with Gasteiger partial charge in [-0.2, -0.15) is 0 Å². The summed E-state index contributed by atoms with van der Waals surface area (Å²) in [5.74, 6) is 0. The van der Waals surface area contributed by atoms with E-state index in [1.54, 1.807) is 0 Å². The van der Waals surface area contributed by atoms with Gasteiger partial charge in [-0.25, -0.2) is 0 Å². The van der Waals surface area contributed by atoms with Crippen LogP contribution in [0.15, 0.2) is 30.3 Å². The Hall–Kier alpha value is -0.860. The van der Waals surface area contributed by atoms with E-state index in [4.69, 9.17) is 5.11 Å². The Kier molecular flexibility index (Phi) is 6.86. The van der Waals surface area contributed by atoms with E-state index >= 15 is 0 Å². The van der Waals surface area contributed by atoms with Gasteiger partial charge in [0, 0.05) is 12.6 Å². The lowest BCUT2D eigenvalue weighted by atomic mass is 10.0. The van der Waals surface area contributed by atoms with Crippen LogP contribution in [0.5, 0.6) is 0 Å². The molecule has 0 aliphatic rings. The summed E-state index contributed by atoms with van der Waals surface area (Å²) in [6, 6.07) is 11.0. The molecule has 0 aromatic heterocycles. The third-order valence-electron chi connectivity index (χ3n) is 2.78. The molecule has 0 spiro atoms. The molecular weight excluding hydrogens is 198 g/mol. The van der Waals surface area contributed by atoms with Gasteiger partial charge in [0.1, 0.15) is 0 Å². The molecule has 0 fully saturated rings. The number of hydrogen-bond acceptors (Lipinski definition) is 2. The Labute approximate surface area is 98.7 Å². The molecule has 1 rings (SSSR count). The van der Waals surface area contributed by atoms with Crippen LogP contribution < -0.4 is 5.32 Å². The maximum atomic E-state index is 8.99. The normalized spacial score (nSPS) is 12.6. The zero-order chi connectivity index (χ0) is 11.6. The predicted molar refractivity (Wildman–Crippen MR) is 68.5 cm³/mol. The van der Waals surface area contributed by atoms with Crippen molar-refractivity contribution in [3.05, 3.63) is 35.9 Å². The van der Waals surface area contributed by atoms with Gasteiger partial charge in [-0.15, -0.1) is 0 Å². The van der Waals surface area contributed by atoms with E-state index in [1.165, 1.54) is 5.56 Å². The molecule has 1 unspecified atom stereocenters. The molecule has 0 radical (unpaired) electrons. The summed E-state index contributed by atoms with van der Waals surface area (Å²) in [5.41, 5.74) is 1.38. The van der Waals surface area contributed by atoms with Gasteiger partial charge >= 0.3 is 0 Å². The van der Waals surface area contributed by atoms with Gasteiger partial charge in [0.2, 0.25) is 0 Å². The van der Waals surface area contributed by atoms with E-state index in [-0.39, 0.29) is 6.61 Å². The first-order valence-electron chi connectivity index (χ1n) is 6.25. The molecule has 0 saturated heterocycles. The SMILES string of the molecule is CCCNC(CCO)CCc1ccccc1. The predicted octanol–water partition coefficient (Wildman–Crippen LogP) is 2.37. The van der Waals surface area contributed by atoms with E-state index in [9.17, 15) is 0 Å². The Morgan fingerprint density at radius 3 is 2.56 bits per heavy atom. The fraction of sp³-hybridized carbons (Fsp3) is 0.571. The number of rotatable bonds is 8. The van der Waals surface area contributed by atoms with Crippen molar-refractivity contribution in [1.29, 1.82) is 0 Å². The fourth-order valence-corrected chi connectivity index (χ4v) is 1.84. The fourth-order valence-electron chi connectivity index (χ4n) is 1.84. The summed E-state index contributed by atoms with van der Waals surface area (Å²) in [5, 5.41) is 12.5. The van der Waals surface area contributed by atoms with Crippen LogP contribution in [0.1, 0.15) is 31.7 Å². The van der Waals surface area contributed by atoms with Crippen molar-refractivity contribution in [1.82, 2.24) is 5.32 Å². The van der Waals surface area contributed by atoms with Gasteiger partial charge in [0.05, 0.1) is 0 Å². The second-order valence-corrected chi connectivity index (χ2v) is 4.19. The van der Waals surface area contributed by atoms with Crippen LogP contribution in [-0.4, -0.2) is 24.3 Å². The molecule has 90 valence electrons. The van der Waals surface area contributed by atoms with Crippen molar-refractivity contribution in [2.45, 2.75) is 38.6 Å². The molecule has 0 aliphatic carbocycles. The Morgan fingerprint density at radius 2 is 1.94 bits per heavy atom. The quantitative estimate of drug-likeness (QED) is 0.706. The summed E-state index contributed by atoms with van der Waals surface area (Å²) in [6.07, 6.45) is 4.19. The molecule has 1 aromatic rings. The number of benzene rings is 1. The summed E-state index contributed by atoms with van der Waals surface area (Å²) in [7, 11) is 0. The van der Waals surface area contributed by atoms with Crippen LogP contribution in [0.4, 0.5) is 0 Å². The summed E-state index contributed by atoms with van der Waals surface area (Å²) >= 11 is 0. The van der Waals surface area contributed by atoms with Gasteiger partial charge in [0.25, 0.3) is 0 Å². The van der Waals surface area contributed by atoms with Crippen LogP contribution in [0.25, 0.3) is 0 Å². The highest BCUT2D eigenvalue weighted by Crippen LogP contribution is 2.07. The van der Waals surface area contributed by atoms with Gasteiger partial charge in [-0.3, -0.25) is 0 Å². The molecule has 2 heteroatoms. The minimum atomic E-state index is 0.274. The Morgan fingerprint density at radius 1 is 1.19 bits per heavy atom. The highest BCUT2D eigenvalue weighted by molar-refractivity contribution is 5.14. The number of aliphatic hydroxyl groups is 1. The van der Waals surface area contributed by atoms with Crippen molar-refractivity contribution >= 4 is 0 Å². The van der Waals surface area contributed by atoms with Gasteiger partial charge in [-0.1, -0.05) is 37.3 Å². The van der Waals surface area contributed by atoms with Crippen LogP contribution in [-0.2, 0) is 6.42 Å². The van der Waals surface area contributed by atoms with Crippen LogP contribution in [0.2, 0.25) is 0 Å². The van der Waals surface area contributed by atoms with Crippen molar-refractivity contribution in [3.63, 3.8) is 0 Å². The van der Waals surface area contributed by atoms with Crippen molar-refractivity contribution < 1.29 is 5.11 Å². The van der Waals surface area contributed by atoms with Crippen molar-refractivity contribution in [2.75, 3.05) is 13.2 Å². The lowest BCUT2D eigenvalue weighted by molar-refractivity contribution is 0.260. The third-order valence-corrected chi connectivity index (χ3v) is 2.78. The van der Waals surface area contributed by atoms with E-state index in [2.05, 4.69) is 36.5 Å². The first-order valence-corrected chi connectivity index (χ1v) is 6.25. The minimum Gasteiger partial charge on any atom is -0.396 e. The topological polar surface area (TPSA) is 32.3 Å². The van der Waals surface area contributed by atoms with E-state index in [0.717, 1.165) is 32.2 Å². The highest BCUT2D eigenvalue weighted by Gasteiger charge is 2.06. The standard InChI is InChI=1S/C14H23NO/c1-2-11-15-14(10-12-16)9-8-13-6-4-3-5-7-13/h3-7,14-16H,2,8-12H2,1H3. The summed E-state index contributed by atoms with van der Waals surface area (Å²) in [6.45, 7) is 3.48. The summed E-state index contributed by atoms with van der Waals surface area (Å²) in [4.78, 5) is 0. The largest absolute Gasteiger partial charge is 0.396 e. The zero-order valence-corrected chi connectivity index (χ0v) is 10.2. The van der Waals surface area contributed by atoms with E-state index in [0.29, 0.717) is 6.04 Å². The van der Waals surface area contributed by atoms with E-state index in [1.807, 2.05) is 6.07 Å². The Bertz CT molecular complexity index is 261. The smallest absolute Gasteiger partial charge is 0.0445 e. The molecule has 0 aliphatic heterocycles. The molecule has 0 bridgehead atoms. The van der Waals surface area contributed by atoms with Gasteiger partial charge in [-0.05, 0) is 37.8 Å². The van der Waals surface area contributed by atoms with Gasteiger partial charge in [0.15, 0.2) is 0 Å². The molecule has 2 N–H and O–H groups in total. The average Bonchev–Trinajstić information content (AvgIpc) is 2.34. The molecule has 0 heterocycles. The molecular formula is C14H23NO. The second-order valence-electron chi connectivity index (χ2n) is 4.19. The molecule has 1 atom stereocenters. The number of aliphatic hydroxyl groups excluding tert-OH is 1. The monoisotopic (exact) mass is 221 g/mol.